The molecular weight excluding hydrogens is 324 g/mol. The van der Waals surface area contributed by atoms with E-state index >= 15 is 0 Å². The Morgan fingerprint density at radius 3 is 2.67 bits per heavy atom. The second-order valence-electron chi connectivity index (χ2n) is 7.55. The number of hydrogen-bond donors (Lipinski definition) is 1. The van der Waals surface area contributed by atoms with Crippen molar-refractivity contribution >= 4 is 15.8 Å². The second-order valence-corrected chi connectivity index (χ2v) is 9.77. The van der Waals surface area contributed by atoms with E-state index in [4.69, 9.17) is 4.99 Å². The van der Waals surface area contributed by atoms with E-state index in [0.717, 1.165) is 45.0 Å². The third-order valence-electron chi connectivity index (χ3n) is 5.07. The van der Waals surface area contributed by atoms with E-state index in [0.29, 0.717) is 30.1 Å². The fourth-order valence-corrected chi connectivity index (χ4v) is 5.60. The Bertz CT molecular complexity index is 592. The van der Waals surface area contributed by atoms with Gasteiger partial charge < -0.3 is 10.2 Å². The molecule has 0 saturated carbocycles. The summed E-state index contributed by atoms with van der Waals surface area (Å²) in [5.41, 5.74) is 0. The third kappa shape index (κ3) is 4.51. The van der Waals surface area contributed by atoms with Gasteiger partial charge in [-0.05, 0) is 32.6 Å². The zero-order valence-electron chi connectivity index (χ0n) is 14.8. The molecule has 2 saturated heterocycles. The number of nitrogens with one attached hydrogen (secondary N) is 1. The van der Waals surface area contributed by atoms with Gasteiger partial charge in [-0.15, -0.1) is 0 Å². The van der Waals surface area contributed by atoms with Crippen molar-refractivity contribution in [2.24, 2.45) is 10.9 Å². The predicted octanol–water partition coefficient (Wildman–Crippen LogP) is 0.721. The number of guanidine groups is 1. The molecule has 0 bridgehead atoms. The average Bonchev–Trinajstić information content (AvgIpc) is 3.23. The van der Waals surface area contributed by atoms with Crippen molar-refractivity contribution in [3.05, 3.63) is 12.2 Å². The lowest BCUT2D eigenvalue weighted by atomic mass is 10.1. The van der Waals surface area contributed by atoms with Crippen LogP contribution in [0.15, 0.2) is 17.1 Å². The van der Waals surface area contributed by atoms with Crippen LogP contribution in [0.3, 0.4) is 0 Å². The Balaban J connectivity index is 1.60. The van der Waals surface area contributed by atoms with Crippen LogP contribution in [0, 0.1) is 5.92 Å². The van der Waals surface area contributed by atoms with Gasteiger partial charge in [0.2, 0.25) is 0 Å². The molecule has 136 valence electrons. The van der Waals surface area contributed by atoms with Gasteiger partial charge in [0.05, 0.1) is 11.5 Å². The Morgan fingerprint density at radius 1 is 1.29 bits per heavy atom. The fraction of sp³-hybridized carbons (Fsp3) is 0.824. The Morgan fingerprint density at radius 2 is 2.04 bits per heavy atom. The van der Waals surface area contributed by atoms with E-state index in [2.05, 4.69) is 41.1 Å². The number of nitrogens with zero attached hydrogens (tertiary/aromatic N) is 3. The summed E-state index contributed by atoms with van der Waals surface area (Å²) in [7, 11) is -2.82. The molecule has 0 amide bonds. The molecule has 3 aliphatic heterocycles. The highest BCUT2D eigenvalue weighted by Gasteiger charge is 2.31. The lowest BCUT2D eigenvalue weighted by Gasteiger charge is -2.27. The summed E-state index contributed by atoms with van der Waals surface area (Å²) in [6.07, 6.45) is 6.40. The maximum Gasteiger partial charge on any atom is 0.194 e. The number of rotatable bonds is 4. The number of hydrogen-bond acceptors (Lipinski definition) is 4. The van der Waals surface area contributed by atoms with Gasteiger partial charge in [-0.2, -0.15) is 0 Å². The molecule has 0 radical (unpaired) electrons. The Hall–Kier alpha value is -1.08. The van der Waals surface area contributed by atoms with Crippen LogP contribution in [0.2, 0.25) is 0 Å². The standard InChI is InChI=1S/C17H30N4O2S/c1-14(2)19-17(18-11-15-6-10-24(22,23)13-15)21-9-5-16(12-21)20-7-3-4-8-20/h3-4,14-16H,5-13H2,1-2H3,(H,18,19). The molecular formula is C17H30N4O2S. The first-order chi connectivity index (χ1) is 11.4. The van der Waals surface area contributed by atoms with Crippen molar-refractivity contribution in [3.8, 4) is 0 Å². The minimum atomic E-state index is -2.82. The lowest BCUT2D eigenvalue weighted by Crippen LogP contribution is -2.45. The van der Waals surface area contributed by atoms with Crippen molar-refractivity contribution in [2.75, 3.05) is 44.2 Å². The van der Waals surface area contributed by atoms with Crippen molar-refractivity contribution in [3.63, 3.8) is 0 Å². The van der Waals surface area contributed by atoms with Crippen LogP contribution in [0.1, 0.15) is 26.7 Å². The zero-order chi connectivity index (χ0) is 17.2. The van der Waals surface area contributed by atoms with Crippen LogP contribution in [-0.4, -0.2) is 80.5 Å². The minimum absolute atomic E-state index is 0.181. The molecule has 3 aliphatic rings. The van der Waals surface area contributed by atoms with Gasteiger partial charge in [0.1, 0.15) is 0 Å². The van der Waals surface area contributed by atoms with E-state index in [9.17, 15) is 8.42 Å². The highest BCUT2D eigenvalue weighted by molar-refractivity contribution is 7.91. The third-order valence-corrected chi connectivity index (χ3v) is 6.91. The largest absolute Gasteiger partial charge is 0.354 e. The predicted molar refractivity (Wildman–Crippen MR) is 98.0 cm³/mol. The first-order valence-corrected chi connectivity index (χ1v) is 10.9. The maximum atomic E-state index is 11.6. The molecule has 3 heterocycles. The summed E-state index contributed by atoms with van der Waals surface area (Å²) in [4.78, 5) is 9.64. The Labute approximate surface area is 145 Å². The van der Waals surface area contributed by atoms with Crippen molar-refractivity contribution in [2.45, 2.75) is 38.8 Å². The number of aliphatic imine (C=N–C) groups is 1. The smallest absolute Gasteiger partial charge is 0.194 e. The molecule has 0 aliphatic carbocycles. The van der Waals surface area contributed by atoms with Crippen LogP contribution in [0.4, 0.5) is 0 Å². The van der Waals surface area contributed by atoms with Crippen molar-refractivity contribution in [1.29, 1.82) is 0 Å². The zero-order valence-corrected chi connectivity index (χ0v) is 15.6. The molecule has 6 nitrogen and oxygen atoms in total. The van der Waals surface area contributed by atoms with Crippen molar-refractivity contribution in [1.82, 2.24) is 15.1 Å². The van der Waals surface area contributed by atoms with Crippen LogP contribution in [0.5, 0.6) is 0 Å². The van der Waals surface area contributed by atoms with E-state index in [1.165, 1.54) is 0 Å². The first-order valence-electron chi connectivity index (χ1n) is 9.08. The molecule has 1 N–H and O–H groups in total. The number of likely N-dealkylation sites (tertiary alicyclic amines) is 1. The maximum absolute atomic E-state index is 11.6. The highest BCUT2D eigenvalue weighted by atomic mass is 32.2. The summed E-state index contributed by atoms with van der Waals surface area (Å²) in [5.74, 6) is 1.76. The van der Waals surface area contributed by atoms with Crippen LogP contribution in [0.25, 0.3) is 0 Å². The molecule has 2 unspecified atom stereocenters. The average molecular weight is 355 g/mol. The minimum Gasteiger partial charge on any atom is -0.354 e. The normalized spacial score (nSPS) is 30.6. The molecule has 7 heteroatoms. The summed E-state index contributed by atoms with van der Waals surface area (Å²) in [6.45, 7) is 8.98. The molecule has 2 atom stereocenters. The van der Waals surface area contributed by atoms with Gasteiger partial charge in [-0.1, -0.05) is 12.2 Å². The molecule has 0 aromatic carbocycles. The lowest BCUT2D eigenvalue weighted by molar-refractivity contribution is 0.259. The van der Waals surface area contributed by atoms with E-state index < -0.39 is 9.84 Å². The summed E-state index contributed by atoms with van der Waals surface area (Å²) < 4.78 is 23.2. The molecule has 0 aromatic heterocycles. The molecule has 24 heavy (non-hydrogen) atoms. The van der Waals surface area contributed by atoms with Crippen LogP contribution < -0.4 is 5.32 Å². The fourth-order valence-electron chi connectivity index (χ4n) is 3.75. The van der Waals surface area contributed by atoms with Crippen LogP contribution >= 0.6 is 0 Å². The molecule has 2 fully saturated rings. The quantitative estimate of drug-likeness (QED) is 0.458. The van der Waals surface area contributed by atoms with Gasteiger partial charge in [0, 0.05) is 44.8 Å². The first kappa shape index (κ1) is 17.7. The summed E-state index contributed by atoms with van der Waals surface area (Å²) in [6, 6.07) is 0.912. The van der Waals surface area contributed by atoms with Gasteiger partial charge in [0.15, 0.2) is 15.8 Å². The number of sulfone groups is 1. The summed E-state index contributed by atoms with van der Waals surface area (Å²) in [5, 5.41) is 3.47. The van der Waals surface area contributed by atoms with Crippen LogP contribution in [-0.2, 0) is 9.84 Å². The summed E-state index contributed by atoms with van der Waals surface area (Å²) >= 11 is 0. The van der Waals surface area contributed by atoms with Gasteiger partial charge in [-0.25, -0.2) is 8.42 Å². The van der Waals surface area contributed by atoms with E-state index in [1.54, 1.807) is 0 Å². The van der Waals surface area contributed by atoms with Gasteiger partial charge >= 0.3 is 0 Å². The highest BCUT2D eigenvalue weighted by Crippen LogP contribution is 2.20. The molecule has 3 rings (SSSR count). The second kappa shape index (κ2) is 7.44. The topological polar surface area (TPSA) is 65.0 Å². The molecule has 0 aromatic rings. The Kier molecular flexibility index (Phi) is 5.49. The SMILES string of the molecule is CC(C)NC(=NCC1CCS(=O)(=O)C1)N1CCC(N2CC=CC2)C1. The monoisotopic (exact) mass is 354 g/mol. The van der Waals surface area contributed by atoms with E-state index in [1.807, 2.05) is 0 Å². The molecule has 0 spiro atoms. The van der Waals surface area contributed by atoms with Crippen molar-refractivity contribution < 1.29 is 8.42 Å². The van der Waals surface area contributed by atoms with Gasteiger partial charge in [-0.3, -0.25) is 9.89 Å². The van der Waals surface area contributed by atoms with Gasteiger partial charge in [0.25, 0.3) is 0 Å². The van der Waals surface area contributed by atoms with E-state index in [-0.39, 0.29) is 5.92 Å².